The number of carbonyl (C=O) groups is 1. The lowest BCUT2D eigenvalue weighted by Gasteiger charge is -2.35. The molecule has 2 heterocycles. The average Bonchev–Trinajstić information content (AvgIpc) is 3.25. The van der Waals surface area contributed by atoms with E-state index in [2.05, 4.69) is 27.3 Å². The number of hydrogen-bond donors (Lipinski definition) is 1. The first-order valence-corrected chi connectivity index (χ1v) is 12.3. The summed E-state index contributed by atoms with van der Waals surface area (Å²) in [6, 6.07) is 14.2. The number of nitrogens with zero attached hydrogens (tertiary/aromatic N) is 2. The quantitative estimate of drug-likeness (QED) is 0.628. The van der Waals surface area contributed by atoms with Gasteiger partial charge in [-0.3, -0.25) is 4.79 Å². The lowest BCUT2D eigenvalue weighted by Crippen LogP contribution is -2.44. The molecule has 2 aromatic carbocycles. The van der Waals surface area contributed by atoms with Crippen LogP contribution >= 0.6 is 11.3 Å². The van der Waals surface area contributed by atoms with Crippen LogP contribution in [0.1, 0.15) is 23.9 Å². The fourth-order valence-corrected chi connectivity index (χ4v) is 5.92. The number of para-hydroxylation sites is 1. The van der Waals surface area contributed by atoms with E-state index >= 15 is 0 Å². The number of hydrogen-bond acceptors (Lipinski definition) is 6. The predicted octanol–water partition coefficient (Wildman–Crippen LogP) is 3.90. The molecule has 0 aliphatic carbocycles. The molecule has 0 saturated carbocycles. The third-order valence-corrected chi connectivity index (χ3v) is 7.88. The van der Waals surface area contributed by atoms with Gasteiger partial charge in [-0.05, 0) is 55.7 Å². The largest absolute Gasteiger partial charge is 0.360 e. The predicted molar refractivity (Wildman–Crippen MR) is 120 cm³/mol. The van der Waals surface area contributed by atoms with E-state index in [-0.39, 0.29) is 22.6 Å². The highest BCUT2D eigenvalue weighted by Crippen LogP contribution is 2.29. The Hall–Kier alpha value is -2.71. The first-order valence-electron chi connectivity index (χ1n) is 9.81. The van der Waals surface area contributed by atoms with Crippen LogP contribution in [-0.4, -0.2) is 31.9 Å². The number of nitrogens with one attached hydrogen (secondary N) is 1. The Morgan fingerprint density at radius 2 is 1.97 bits per heavy atom. The first-order chi connectivity index (χ1) is 14.4. The van der Waals surface area contributed by atoms with Crippen LogP contribution in [0.5, 0.6) is 0 Å². The van der Waals surface area contributed by atoms with E-state index in [4.69, 9.17) is 0 Å². The summed E-state index contributed by atoms with van der Waals surface area (Å²) in [4.78, 5) is 19.2. The second-order valence-corrected chi connectivity index (χ2v) is 10.3. The van der Waals surface area contributed by atoms with Crippen molar-refractivity contribution in [1.82, 2.24) is 4.98 Å². The van der Waals surface area contributed by atoms with Crippen molar-refractivity contribution < 1.29 is 13.2 Å². The van der Waals surface area contributed by atoms with E-state index in [1.807, 2.05) is 19.1 Å². The SMILES string of the molecule is CC(C(=O)Nc1ccc(S(=O)(=O)Cc2nccs2)cc1)N1CCCc2ccccc21. The number of thiazole rings is 1. The minimum absolute atomic E-state index is 0.120. The van der Waals surface area contributed by atoms with Crippen LogP contribution in [0.3, 0.4) is 0 Å². The summed E-state index contributed by atoms with van der Waals surface area (Å²) >= 11 is 1.32. The number of fused-ring (bicyclic) bond motifs is 1. The highest BCUT2D eigenvalue weighted by atomic mass is 32.2. The maximum Gasteiger partial charge on any atom is 0.246 e. The van der Waals surface area contributed by atoms with Crippen molar-refractivity contribution in [3.05, 3.63) is 70.7 Å². The monoisotopic (exact) mass is 441 g/mol. The molecule has 3 aromatic rings. The molecule has 1 amide bonds. The summed E-state index contributed by atoms with van der Waals surface area (Å²) in [5.74, 6) is -0.244. The molecule has 1 aliphatic heterocycles. The Bertz CT molecular complexity index is 1130. The molecule has 0 fully saturated rings. The van der Waals surface area contributed by atoms with Crippen molar-refractivity contribution in [1.29, 1.82) is 0 Å². The lowest BCUT2D eigenvalue weighted by atomic mass is 10.00. The zero-order valence-corrected chi connectivity index (χ0v) is 18.2. The van der Waals surface area contributed by atoms with E-state index < -0.39 is 9.84 Å². The fraction of sp³-hybridized carbons (Fsp3) is 0.273. The Morgan fingerprint density at radius 3 is 2.70 bits per heavy atom. The molecule has 1 N–H and O–H groups in total. The molecule has 1 aromatic heterocycles. The third-order valence-electron chi connectivity index (χ3n) is 5.27. The number of sulfone groups is 1. The van der Waals surface area contributed by atoms with E-state index in [0.29, 0.717) is 10.7 Å². The zero-order chi connectivity index (χ0) is 21.1. The lowest BCUT2D eigenvalue weighted by molar-refractivity contribution is -0.117. The van der Waals surface area contributed by atoms with Gasteiger partial charge in [0, 0.05) is 29.5 Å². The molecule has 8 heteroatoms. The molecule has 1 unspecified atom stereocenters. The first kappa shape index (κ1) is 20.6. The normalized spacial score (nSPS) is 14.8. The molecule has 0 bridgehead atoms. The van der Waals surface area contributed by atoms with Gasteiger partial charge in [0.2, 0.25) is 5.91 Å². The molecule has 0 radical (unpaired) electrons. The molecule has 1 atom stereocenters. The average molecular weight is 442 g/mol. The number of aromatic nitrogens is 1. The maximum atomic E-state index is 12.8. The van der Waals surface area contributed by atoms with Gasteiger partial charge < -0.3 is 10.2 Å². The van der Waals surface area contributed by atoms with Gasteiger partial charge in [0.15, 0.2) is 9.84 Å². The van der Waals surface area contributed by atoms with E-state index in [0.717, 1.165) is 25.1 Å². The molecule has 156 valence electrons. The Morgan fingerprint density at radius 1 is 1.20 bits per heavy atom. The van der Waals surface area contributed by atoms with Crippen molar-refractivity contribution in [2.24, 2.45) is 0 Å². The van der Waals surface area contributed by atoms with Gasteiger partial charge in [-0.1, -0.05) is 18.2 Å². The smallest absolute Gasteiger partial charge is 0.246 e. The van der Waals surface area contributed by atoms with Crippen molar-refractivity contribution in [3.8, 4) is 0 Å². The number of anilines is 2. The highest BCUT2D eigenvalue weighted by molar-refractivity contribution is 7.90. The standard InChI is InChI=1S/C22H23N3O3S2/c1-16(25-13-4-6-17-5-2-3-7-20(17)25)22(26)24-18-8-10-19(11-9-18)30(27,28)15-21-23-12-14-29-21/h2-3,5,7-12,14,16H,4,6,13,15H2,1H3,(H,24,26). The highest BCUT2D eigenvalue weighted by Gasteiger charge is 2.26. The van der Waals surface area contributed by atoms with Crippen molar-refractivity contribution in [3.63, 3.8) is 0 Å². The minimum Gasteiger partial charge on any atom is -0.360 e. The molecule has 30 heavy (non-hydrogen) atoms. The topological polar surface area (TPSA) is 79.4 Å². The van der Waals surface area contributed by atoms with Crippen LogP contribution in [0.15, 0.2) is 65.0 Å². The van der Waals surface area contributed by atoms with Gasteiger partial charge in [-0.15, -0.1) is 11.3 Å². The van der Waals surface area contributed by atoms with Gasteiger partial charge in [0.05, 0.1) is 4.90 Å². The third kappa shape index (κ3) is 4.39. The van der Waals surface area contributed by atoms with E-state index in [1.165, 1.54) is 29.0 Å². The van der Waals surface area contributed by atoms with Crippen LogP contribution in [0.25, 0.3) is 0 Å². The summed E-state index contributed by atoms with van der Waals surface area (Å²) in [5, 5.41) is 5.22. The summed E-state index contributed by atoms with van der Waals surface area (Å²) in [6.07, 6.45) is 3.63. The molecule has 6 nitrogen and oxygen atoms in total. The Balaban J connectivity index is 1.44. The van der Waals surface area contributed by atoms with Gasteiger partial charge in [-0.2, -0.15) is 0 Å². The van der Waals surface area contributed by atoms with Gasteiger partial charge in [0.1, 0.15) is 16.8 Å². The van der Waals surface area contributed by atoms with Crippen LogP contribution in [0.4, 0.5) is 11.4 Å². The van der Waals surface area contributed by atoms with Crippen LogP contribution < -0.4 is 10.2 Å². The number of carbonyl (C=O) groups excluding carboxylic acids is 1. The molecular weight excluding hydrogens is 418 g/mol. The molecular formula is C22H23N3O3S2. The number of rotatable bonds is 6. The number of benzene rings is 2. The van der Waals surface area contributed by atoms with Gasteiger partial charge in [-0.25, -0.2) is 13.4 Å². The second-order valence-electron chi connectivity index (χ2n) is 7.30. The molecule has 0 saturated heterocycles. The molecule has 1 aliphatic rings. The fourth-order valence-electron chi connectivity index (χ4n) is 3.67. The molecule has 0 spiro atoms. The van der Waals surface area contributed by atoms with Crippen LogP contribution in [0, 0.1) is 0 Å². The second kappa shape index (κ2) is 8.57. The minimum atomic E-state index is -3.47. The summed E-state index contributed by atoms with van der Waals surface area (Å²) in [7, 11) is -3.47. The number of amides is 1. The summed E-state index contributed by atoms with van der Waals surface area (Å²) in [5.41, 5.74) is 2.94. The number of aryl methyl sites for hydroxylation is 1. The molecule has 4 rings (SSSR count). The van der Waals surface area contributed by atoms with Crippen molar-refractivity contribution in [2.45, 2.75) is 36.5 Å². The van der Waals surface area contributed by atoms with E-state index in [1.54, 1.807) is 23.7 Å². The maximum absolute atomic E-state index is 12.8. The van der Waals surface area contributed by atoms with Crippen molar-refractivity contribution >= 4 is 38.5 Å². The zero-order valence-electron chi connectivity index (χ0n) is 16.6. The Kier molecular flexibility index (Phi) is 5.87. The van der Waals surface area contributed by atoms with E-state index in [9.17, 15) is 13.2 Å². The van der Waals surface area contributed by atoms with Crippen LogP contribution in [-0.2, 0) is 26.8 Å². The summed E-state index contributed by atoms with van der Waals surface area (Å²) in [6.45, 7) is 2.73. The summed E-state index contributed by atoms with van der Waals surface area (Å²) < 4.78 is 25.1. The van der Waals surface area contributed by atoms with Crippen molar-refractivity contribution in [2.75, 3.05) is 16.8 Å². The van der Waals surface area contributed by atoms with Gasteiger partial charge >= 0.3 is 0 Å². The Labute approximate surface area is 180 Å². The van der Waals surface area contributed by atoms with Crippen LogP contribution in [0.2, 0.25) is 0 Å². The van der Waals surface area contributed by atoms with Gasteiger partial charge in [0.25, 0.3) is 0 Å².